The highest BCUT2D eigenvalue weighted by Gasteiger charge is 2.23. The Labute approximate surface area is 205 Å². The number of hydrogen-bond acceptors (Lipinski definition) is 4. The highest BCUT2D eigenvalue weighted by atomic mass is 127. The van der Waals surface area contributed by atoms with Gasteiger partial charge in [-0.2, -0.15) is 0 Å². The highest BCUT2D eigenvalue weighted by molar-refractivity contribution is 14.0. The van der Waals surface area contributed by atoms with Crippen LogP contribution in [0.5, 0.6) is 0 Å². The van der Waals surface area contributed by atoms with Gasteiger partial charge in [-0.25, -0.2) is 18.1 Å². The molecule has 0 bridgehead atoms. The number of benzene rings is 1. The summed E-state index contributed by atoms with van der Waals surface area (Å²) in [6, 6.07) is 7.32. The lowest BCUT2D eigenvalue weighted by molar-refractivity contribution is 0.204. The number of nitrogens with one attached hydrogen (secondary N) is 3. The minimum atomic E-state index is -3.51. The molecule has 0 radical (unpaired) electrons. The van der Waals surface area contributed by atoms with E-state index in [0.29, 0.717) is 19.2 Å². The lowest BCUT2D eigenvalue weighted by atomic mass is 9.80. The lowest BCUT2D eigenvalue weighted by Gasteiger charge is -2.32. The number of hydrogen-bond donors (Lipinski definition) is 3. The van der Waals surface area contributed by atoms with E-state index in [-0.39, 0.29) is 35.4 Å². The fourth-order valence-corrected chi connectivity index (χ4v) is 4.76. The predicted molar refractivity (Wildman–Crippen MR) is 137 cm³/mol. The zero-order chi connectivity index (χ0) is 22.0. The molecule has 1 aromatic carbocycles. The van der Waals surface area contributed by atoms with Gasteiger partial charge in [-0.3, -0.25) is 0 Å². The van der Waals surface area contributed by atoms with Crippen molar-refractivity contribution in [2.75, 3.05) is 26.8 Å². The molecule has 7 nitrogen and oxygen atoms in total. The van der Waals surface area contributed by atoms with E-state index in [2.05, 4.69) is 36.1 Å². The summed E-state index contributed by atoms with van der Waals surface area (Å²) in [4.78, 5) is 4.95. The van der Waals surface area contributed by atoms with Gasteiger partial charge in [0, 0.05) is 26.2 Å². The summed E-state index contributed by atoms with van der Waals surface area (Å²) in [6.45, 7) is 8.58. The summed E-state index contributed by atoms with van der Waals surface area (Å²) in [5.74, 6) is 2.42. The first-order valence-electron chi connectivity index (χ1n) is 11.0. The Kier molecular flexibility index (Phi) is 13.0. The molecule has 1 aliphatic rings. The molecule has 0 heterocycles. The van der Waals surface area contributed by atoms with Crippen LogP contribution in [0.2, 0.25) is 0 Å². The molecule has 9 heteroatoms. The fourth-order valence-electron chi connectivity index (χ4n) is 3.75. The Morgan fingerprint density at radius 2 is 1.81 bits per heavy atom. The number of sulfonamides is 1. The highest BCUT2D eigenvalue weighted by Crippen LogP contribution is 2.29. The van der Waals surface area contributed by atoms with E-state index >= 15 is 0 Å². The van der Waals surface area contributed by atoms with Gasteiger partial charge in [0.1, 0.15) is 0 Å². The molecule has 0 aromatic heterocycles. The second-order valence-electron chi connectivity index (χ2n) is 8.23. The van der Waals surface area contributed by atoms with E-state index < -0.39 is 10.0 Å². The standard InChI is InChI=1S/C22H38N4O3S.HI/c1-5-23-22(26-20-10-8-19(9-11-20)17(2)3)24-16-18-6-12-21(13-7-18)30(27,28)25-14-15-29-4;/h6-7,12-13,17,19-20,25H,5,8-11,14-16H2,1-4H3,(H2,23,24,26);1H. The summed E-state index contributed by atoms with van der Waals surface area (Å²) in [7, 11) is -1.97. The van der Waals surface area contributed by atoms with Gasteiger partial charge >= 0.3 is 0 Å². The van der Waals surface area contributed by atoms with Crippen LogP contribution in [0.15, 0.2) is 34.2 Å². The first-order valence-corrected chi connectivity index (χ1v) is 12.5. The number of methoxy groups -OCH3 is 1. The smallest absolute Gasteiger partial charge is 0.240 e. The van der Waals surface area contributed by atoms with Gasteiger partial charge in [0.05, 0.1) is 18.0 Å². The summed E-state index contributed by atoms with van der Waals surface area (Å²) in [5, 5.41) is 6.89. The molecule has 3 N–H and O–H groups in total. The van der Waals surface area contributed by atoms with E-state index in [1.165, 1.54) is 32.8 Å². The molecular weight excluding hydrogens is 527 g/mol. The van der Waals surface area contributed by atoms with E-state index in [4.69, 9.17) is 9.73 Å². The molecule has 1 fully saturated rings. The Hall–Kier alpha value is -0.910. The second-order valence-corrected chi connectivity index (χ2v) is 10.00. The van der Waals surface area contributed by atoms with Crippen molar-refractivity contribution in [1.29, 1.82) is 0 Å². The lowest BCUT2D eigenvalue weighted by Crippen LogP contribution is -2.45. The molecule has 1 saturated carbocycles. The number of aliphatic imine (C=N–C) groups is 1. The van der Waals surface area contributed by atoms with Crippen molar-refractivity contribution in [3.8, 4) is 0 Å². The molecule has 1 aliphatic carbocycles. The van der Waals surface area contributed by atoms with Gasteiger partial charge in [0.2, 0.25) is 10.0 Å². The van der Waals surface area contributed by atoms with Gasteiger partial charge in [-0.05, 0) is 62.1 Å². The maximum Gasteiger partial charge on any atom is 0.240 e. The third kappa shape index (κ3) is 9.63. The molecule has 1 aromatic rings. The molecule has 0 amide bonds. The minimum absolute atomic E-state index is 0. The molecule has 0 aliphatic heterocycles. The van der Waals surface area contributed by atoms with E-state index in [9.17, 15) is 8.42 Å². The van der Waals surface area contributed by atoms with Crippen LogP contribution in [0.4, 0.5) is 0 Å². The van der Waals surface area contributed by atoms with E-state index in [1.54, 1.807) is 12.1 Å². The summed E-state index contributed by atoms with van der Waals surface area (Å²) < 4.78 is 31.9. The van der Waals surface area contributed by atoms with Gasteiger partial charge in [-0.15, -0.1) is 24.0 Å². The van der Waals surface area contributed by atoms with Gasteiger partial charge in [0.25, 0.3) is 0 Å². The molecule has 178 valence electrons. The maximum atomic E-state index is 12.2. The molecular formula is C22H39IN4O3S. The van der Waals surface area contributed by atoms with Crippen LogP contribution < -0.4 is 15.4 Å². The summed E-state index contributed by atoms with van der Waals surface area (Å²) in [5.41, 5.74) is 0.964. The van der Waals surface area contributed by atoms with Crippen molar-refractivity contribution in [3.05, 3.63) is 29.8 Å². The molecule has 0 atom stereocenters. The fraction of sp³-hybridized carbons (Fsp3) is 0.682. The summed E-state index contributed by atoms with van der Waals surface area (Å²) >= 11 is 0. The van der Waals surface area contributed by atoms with E-state index in [0.717, 1.165) is 29.9 Å². The predicted octanol–water partition coefficient (Wildman–Crippen LogP) is 3.50. The van der Waals surface area contributed by atoms with Crippen molar-refractivity contribution >= 4 is 40.0 Å². The molecule has 0 spiro atoms. The van der Waals surface area contributed by atoms with Crippen LogP contribution in [-0.4, -0.2) is 47.2 Å². The number of guanidine groups is 1. The van der Waals surface area contributed by atoms with Gasteiger partial charge in [0.15, 0.2) is 5.96 Å². The number of ether oxygens (including phenoxy) is 1. The van der Waals surface area contributed by atoms with Crippen LogP contribution in [0.3, 0.4) is 0 Å². The quantitative estimate of drug-likeness (QED) is 0.175. The van der Waals surface area contributed by atoms with Crippen molar-refractivity contribution in [2.24, 2.45) is 16.8 Å². The Morgan fingerprint density at radius 1 is 1.16 bits per heavy atom. The Bertz CT molecular complexity index is 761. The van der Waals surface area contributed by atoms with Crippen LogP contribution >= 0.6 is 24.0 Å². The van der Waals surface area contributed by atoms with Crippen LogP contribution in [-0.2, 0) is 21.3 Å². The molecule has 31 heavy (non-hydrogen) atoms. The van der Waals surface area contributed by atoms with Crippen molar-refractivity contribution in [1.82, 2.24) is 15.4 Å². The average Bonchev–Trinajstić information content (AvgIpc) is 2.73. The third-order valence-electron chi connectivity index (χ3n) is 5.65. The molecule has 2 rings (SSSR count). The molecule has 0 unspecified atom stereocenters. The zero-order valence-electron chi connectivity index (χ0n) is 19.2. The average molecular weight is 567 g/mol. The zero-order valence-corrected chi connectivity index (χ0v) is 22.3. The summed E-state index contributed by atoms with van der Waals surface area (Å²) in [6.07, 6.45) is 4.89. The second kappa shape index (κ2) is 14.3. The Morgan fingerprint density at radius 3 is 2.35 bits per heavy atom. The van der Waals surface area contributed by atoms with E-state index in [1.807, 2.05) is 12.1 Å². The van der Waals surface area contributed by atoms with Crippen LogP contribution in [0.1, 0.15) is 52.0 Å². The first kappa shape index (κ1) is 28.1. The number of nitrogens with zero attached hydrogens (tertiary/aromatic N) is 1. The van der Waals surface area contributed by atoms with Crippen molar-refractivity contribution < 1.29 is 13.2 Å². The van der Waals surface area contributed by atoms with Crippen LogP contribution in [0.25, 0.3) is 0 Å². The number of halogens is 1. The normalized spacial score (nSPS) is 19.7. The van der Waals surface area contributed by atoms with Gasteiger partial charge < -0.3 is 15.4 Å². The van der Waals surface area contributed by atoms with Crippen LogP contribution in [0, 0.1) is 11.8 Å². The van der Waals surface area contributed by atoms with Crippen molar-refractivity contribution in [2.45, 2.75) is 63.9 Å². The minimum Gasteiger partial charge on any atom is -0.383 e. The monoisotopic (exact) mass is 566 g/mol. The van der Waals surface area contributed by atoms with Crippen molar-refractivity contribution in [3.63, 3.8) is 0 Å². The third-order valence-corrected chi connectivity index (χ3v) is 7.13. The van der Waals surface area contributed by atoms with Gasteiger partial charge in [-0.1, -0.05) is 26.0 Å². The first-order chi connectivity index (χ1) is 14.4. The molecule has 0 saturated heterocycles. The number of rotatable bonds is 10. The maximum absolute atomic E-state index is 12.2. The topological polar surface area (TPSA) is 91.8 Å². The SMILES string of the molecule is CCNC(=NCc1ccc(S(=O)(=O)NCCOC)cc1)NC1CCC(C(C)C)CC1.I. The largest absolute Gasteiger partial charge is 0.383 e. The Balaban J connectivity index is 0.00000480.